The molecule has 1 aromatic carbocycles. The highest BCUT2D eigenvalue weighted by Crippen LogP contribution is 2.33. The van der Waals surface area contributed by atoms with Crippen molar-refractivity contribution in [2.45, 2.75) is 38.8 Å². The largest absolute Gasteiger partial charge is 0.315 e. The minimum Gasteiger partial charge on any atom is -0.315 e. The molecule has 1 N–H and O–H groups in total. The van der Waals surface area contributed by atoms with Crippen molar-refractivity contribution in [3.8, 4) is 0 Å². The van der Waals surface area contributed by atoms with Crippen LogP contribution in [0.1, 0.15) is 38.3 Å². The summed E-state index contributed by atoms with van der Waals surface area (Å²) < 4.78 is 0. The van der Waals surface area contributed by atoms with Gasteiger partial charge >= 0.3 is 0 Å². The van der Waals surface area contributed by atoms with Crippen LogP contribution >= 0.6 is 0 Å². The molecular formula is C17H27N3O. The maximum atomic E-state index is 12.1. The number of likely N-dealkylation sites (N-methyl/N-ethyl adjacent to an activating group) is 1. The summed E-state index contributed by atoms with van der Waals surface area (Å²) in [5, 5.41) is 3.55. The number of anilines is 1. The number of fused-ring (bicyclic) bond motifs is 1. The van der Waals surface area contributed by atoms with Crippen LogP contribution < -0.4 is 10.2 Å². The summed E-state index contributed by atoms with van der Waals surface area (Å²) in [5.74, 6) is 0.182. The lowest BCUT2D eigenvalue weighted by atomic mass is 9.96. The standard InChI is InChI=1S/C17H27N3O/c1-5-13(2)19(3)11-10-18-15-12-17(21)20(4)16-9-7-6-8-14(15)16/h6-9,13,15,18H,5,10-12H2,1-4H3. The van der Waals surface area contributed by atoms with Crippen LogP contribution in [-0.4, -0.2) is 44.0 Å². The number of carbonyl (C=O) groups is 1. The Hall–Kier alpha value is -1.39. The number of nitrogens with one attached hydrogen (secondary N) is 1. The maximum absolute atomic E-state index is 12.1. The highest BCUT2D eigenvalue weighted by molar-refractivity contribution is 5.96. The van der Waals surface area contributed by atoms with Gasteiger partial charge in [-0.25, -0.2) is 0 Å². The summed E-state index contributed by atoms with van der Waals surface area (Å²) in [4.78, 5) is 16.2. The van der Waals surface area contributed by atoms with Gasteiger partial charge in [0, 0.05) is 44.3 Å². The number of hydrogen-bond acceptors (Lipinski definition) is 3. The average molecular weight is 289 g/mol. The van der Waals surface area contributed by atoms with Gasteiger partial charge in [-0.15, -0.1) is 0 Å². The third-order valence-electron chi connectivity index (χ3n) is 4.62. The molecule has 0 aliphatic carbocycles. The van der Waals surface area contributed by atoms with Gasteiger partial charge in [-0.1, -0.05) is 25.1 Å². The second kappa shape index (κ2) is 7.05. The molecule has 2 unspecified atom stereocenters. The lowest BCUT2D eigenvalue weighted by Crippen LogP contribution is -2.41. The molecular weight excluding hydrogens is 262 g/mol. The lowest BCUT2D eigenvalue weighted by Gasteiger charge is -2.33. The Morgan fingerprint density at radius 1 is 1.43 bits per heavy atom. The molecule has 1 aliphatic heterocycles. The quantitative estimate of drug-likeness (QED) is 0.873. The van der Waals surface area contributed by atoms with Crippen molar-refractivity contribution in [3.05, 3.63) is 29.8 Å². The van der Waals surface area contributed by atoms with Gasteiger partial charge in [0.15, 0.2) is 0 Å². The van der Waals surface area contributed by atoms with E-state index in [1.165, 1.54) is 5.56 Å². The lowest BCUT2D eigenvalue weighted by molar-refractivity contribution is -0.119. The van der Waals surface area contributed by atoms with Crippen molar-refractivity contribution < 1.29 is 4.79 Å². The molecule has 1 aliphatic rings. The van der Waals surface area contributed by atoms with E-state index in [1.807, 2.05) is 25.2 Å². The van der Waals surface area contributed by atoms with E-state index < -0.39 is 0 Å². The number of benzene rings is 1. The van der Waals surface area contributed by atoms with Crippen LogP contribution in [0.5, 0.6) is 0 Å². The van der Waals surface area contributed by atoms with Crippen LogP contribution in [0.3, 0.4) is 0 Å². The molecule has 0 bridgehead atoms. The molecule has 21 heavy (non-hydrogen) atoms. The first kappa shape index (κ1) is 16.0. The van der Waals surface area contributed by atoms with E-state index in [2.05, 4.69) is 37.2 Å². The monoisotopic (exact) mass is 289 g/mol. The van der Waals surface area contributed by atoms with E-state index in [4.69, 9.17) is 0 Å². The number of nitrogens with zero attached hydrogens (tertiary/aromatic N) is 2. The zero-order valence-electron chi connectivity index (χ0n) is 13.6. The SMILES string of the molecule is CCC(C)N(C)CCNC1CC(=O)N(C)c2ccccc21. The molecule has 0 saturated heterocycles. The fourth-order valence-electron chi connectivity index (χ4n) is 2.77. The highest BCUT2D eigenvalue weighted by atomic mass is 16.2. The summed E-state index contributed by atoms with van der Waals surface area (Å²) >= 11 is 0. The van der Waals surface area contributed by atoms with Crippen LogP contribution in [0, 0.1) is 0 Å². The third kappa shape index (κ3) is 3.63. The smallest absolute Gasteiger partial charge is 0.228 e. The average Bonchev–Trinajstić information content (AvgIpc) is 2.51. The van der Waals surface area contributed by atoms with Gasteiger partial charge in [0.2, 0.25) is 5.91 Å². The first-order chi connectivity index (χ1) is 10.0. The summed E-state index contributed by atoms with van der Waals surface area (Å²) in [6.07, 6.45) is 1.70. The molecule has 0 saturated carbocycles. The van der Waals surface area contributed by atoms with E-state index in [1.54, 1.807) is 4.90 Å². The van der Waals surface area contributed by atoms with Gasteiger partial charge in [-0.3, -0.25) is 4.79 Å². The fourth-order valence-corrected chi connectivity index (χ4v) is 2.77. The van der Waals surface area contributed by atoms with E-state index in [-0.39, 0.29) is 11.9 Å². The zero-order valence-corrected chi connectivity index (χ0v) is 13.6. The van der Waals surface area contributed by atoms with Gasteiger partial charge in [-0.05, 0) is 32.0 Å². The predicted octanol–water partition coefficient (Wildman–Crippen LogP) is 2.41. The van der Waals surface area contributed by atoms with Crippen molar-refractivity contribution in [2.75, 3.05) is 32.1 Å². The molecule has 0 radical (unpaired) electrons. The Balaban J connectivity index is 1.98. The number of hydrogen-bond donors (Lipinski definition) is 1. The minimum atomic E-state index is 0.134. The molecule has 0 aromatic heterocycles. The number of rotatable bonds is 6. The van der Waals surface area contributed by atoms with Crippen LogP contribution in [0.4, 0.5) is 5.69 Å². The van der Waals surface area contributed by atoms with E-state index >= 15 is 0 Å². The Kier molecular flexibility index (Phi) is 5.37. The summed E-state index contributed by atoms with van der Waals surface area (Å²) in [6.45, 7) is 6.35. The third-order valence-corrected chi connectivity index (χ3v) is 4.62. The predicted molar refractivity (Wildman–Crippen MR) is 87.6 cm³/mol. The Morgan fingerprint density at radius 3 is 2.86 bits per heavy atom. The van der Waals surface area contributed by atoms with Gasteiger partial charge in [0.25, 0.3) is 0 Å². The summed E-state index contributed by atoms with van der Waals surface area (Å²) in [6, 6.07) is 8.90. The normalized spacial score (nSPS) is 19.8. The van der Waals surface area contributed by atoms with Gasteiger partial charge in [0.1, 0.15) is 0 Å². The molecule has 2 rings (SSSR count). The van der Waals surface area contributed by atoms with Crippen LogP contribution in [0.15, 0.2) is 24.3 Å². The highest BCUT2D eigenvalue weighted by Gasteiger charge is 2.28. The second-order valence-electron chi connectivity index (χ2n) is 5.96. The van der Waals surface area contributed by atoms with Crippen LogP contribution in [-0.2, 0) is 4.79 Å². The topological polar surface area (TPSA) is 35.6 Å². The van der Waals surface area contributed by atoms with Crippen molar-refractivity contribution in [2.24, 2.45) is 0 Å². The number of carbonyl (C=O) groups excluding carboxylic acids is 1. The van der Waals surface area contributed by atoms with Gasteiger partial charge in [-0.2, -0.15) is 0 Å². The van der Waals surface area contributed by atoms with E-state index in [0.29, 0.717) is 12.5 Å². The molecule has 1 amide bonds. The molecule has 1 heterocycles. The summed E-state index contributed by atoms with van der Waals surface area (Å²) in [5.41, 5.74) is 2.26. The Labute approximate surface area is 128 Å². The zero-order chi connectivity index (χ0) is 15.4. The van der Waals surface area contributed by atoms with Crippen LogP contribution in [0.2, 0.25) is 0 Å². The Morgan fingerprint density at radius 2 is 2.14 bits per heavy atom. The first-order valence-electron chi connectivity index (χ1n) is 7.83. The van der Waals surface area contributed by atoms with Gasteiger partial charge in [0.05, 0.1) is 0 Å². The minimum absolute atomic E-state index is 0.134. The summed E-state index contributed by atoms with van der Waals surface area (Å²) in [7, 11) is 4.01. The van der Waals surface area contributed by atoms with Crippen molar-refractivity contribution in [3.63, 3.8) is 0 Å². The maximum Gasteiger partial charge on any atom is 0.228 e. The molecule has 2 atom stereocenters. The van der Waals surface area contributed by atoms with Crippen molar-refractivity contribution in [1.29, 1.82) is 0 Å². The number of amides is 1. The molecule has 0 fully saturated rings. The second-order valence-corrected chi connectivity index (χ2v) is 5.96. The molecule has 116 valence electrons. The number of para-hydroxylation sites is 1. The van der Waals surface area contributed by atoms with Gasteiger partial charge < -0.3 is 15.1 Å². The molecule has 4 heteroatoms. The van der Waals surface area contributed by atoms with Crippen molar-refractivity contribution >= 4 is 11.6 Å². The fraction of sp³-hybridized carbons (Fsp3) is 0.588. The Bertz CT molecular complexity index is 489. The molecule has 0 spiro atoms. The van der Waals surface area contributed by atoms with Crippen LogP contribution in [0.25, 0.3) is 0 Å². The molecule has 1 aromatic rings. The van der Waals surface area contributed by atoms with Crippen molar-refractivity contribution in [1.82, 2.24) is 10.2 Å². The van der Waals surface area contributed by atoms with E-state index in [0.717, 1.165) is 25.2 Å². The molecule has 4 nitrogen and oxygen atoms in total. The first-order valence-corrected chi connectivity index (χ1v) is 7.83. The van der Waals surface area contributed by atoms with E-state index in [9.17, 15) is 4.79 Å².